The van der Waals surface area contributed by atoms with Crippen LogP contribution in [-0.2, 0) is 25.8 Å². The average molecular weight is 412 g/mol. The van der Waals surface area contributed by atoms with Crippen molar-refractivity contribution in [2.24, 2.45) is 5.16 Å². The van der Waals surface area contributed by atoms with E-state index in [-0.39, 0.29) is 12.3 Å². The standard InChI is InChI=1S/C23H28N2O5/c1-5-6-14-30-24-17(2)18-11-9-12-20(15-18)29-16-19-10-7-8-13-21(19)22(25-28-4)23(26)27-3/h7-13,15,24H,2,5-6,14,16H2,1,3-4H3. The van der Waals surface area contributed by atoms with Gasteiger partial charge in [-0.25, -0.2) is 4.79 Å². The Kier molecular flexibility index (Phi) is 9.40. The zero-order chi connectivity index (χ0) is 21.8. The second-order valence-electron chi connectivity index (χ2n) is 6.37. The molecule has 1 N–H and O–H groups in total. The van der Waals surface area contributed by atoms with E-state index in [0.29, 0.717) is 23.6 Å². The molecule has 0 fully saturated rings. The largest absolute Gasteiger partial charge is 0.489 e. The molecule has 0 unspecified atom stereocenters. The molecule has 2 rings (SSSR count). The Hall–Kier alpha value is -3.32. The first-order valence-corrected chi connectivity index (χ1v) is 9.68. The van der Waals surface area contributed by atoms with Crippen molar-refractivity contribution in [2.75, 3.05) is 20.8 Å². The van der Waals surface area contributed by atoms with Gasteiger partial charge >= 0.3 is 5.97 Å². The first-order chi connectivity index (χ1) is 14.6. The minimum atomic E-state index is -0.586. The number of carbonyl (C=O) groups is 1. The monoisotopic (exact) mass is 412 g/mol. The summed E-state index contributed by atoms with van der Waals surface area (Å²) in [7, 11) is 2.67. The maximum absolute atomic E-state index is 12.1. The molecule has 0 heterocycles. The lowest BCUT2D eigenvalue weighted by molar-refractivity contribution is -0.132. The first kappa shape index (κ1) is 23.0. The Morgan fingerprint density at radius 1 is 1.13 bits per heavy atom. The normalized spacial score (nSPS) is 11.0. The highest BCUT2D eigenvalue weighted by Gasteiger charge is 2.19. The lowest BCUT2D eigenvalue weighted by Crippen LogP contribution is -2.19. The van der Waals surface area contributed by atoms with Crippen molar-refractivity contribution in [2.45, 2.75) is 26.4 Å². The number of hydrogen-bond donors (Lipinski definition) is 1. The minimum absolute atomic E-state index is 0.0785. The number of nitrogens with one attached hydrogen (secondary N) is 1. The van der Waals surface area contributed by atoms with Gasteiger partial charge in [0.25, 0.3) is 0 Å². The molecule has 0 aliphatic rings. The van der Waals surface area contributed by atoms with Crippen molar-refractivity contribution in [1.29, 1.82) is 0 Å². The van der Waals surface area contributed by atoms with Gasteiger partial charge in [-0.2, -0.15) is 0 Å². The van der Waals surface area contributed by atoms with E-state index in [4.69, 9.17) is 19.1 Å². The molecule has 2 aromatic rings. The summed E-state index contributed by atoms with van der Waals surface area (Å²) < 4.78 is 10.8. The van der Waals surface area contributed by atoms with Crippen molar-refractivity contribution in [3.63, 3.8) is 0 Å². The second kappa shape index (κ2) is 12.3. The van der Waals surface area contributed by atoms with Gasteiger partial charge in [0, 0.05) is 11.1 Å². The third kappa shape index (κ3) is 6.63. The van der Waals surface area contributed by atoms with Crippen LogP contribution in [0, 0.1) is 0 Å². The summed E-state index contributed by atoms with van der Waals surface area (Å²) in [6.45, 7) is 6.95. The number of hydrogen-bond acceptors (Lipinski definition) is 7. The third-order valence-electron chi connectivity index (χ3n) is 4.21. The van der Waals surface area contributed by atoms with E-state index in [1.54, 1.807) is 6.07 Å². The maximum atomic E-state index is 12.1. The molecule has 0 bridgehead atoms. The first-order valence-electron chi connectivity index (χ1n) is 9.68. The molecule has 7 nitrogen and oxygen atoms in total. The van der Waals surface area contributed by atoms with Crippen LogP contribution < -0.4 is 10.2 Å². The number of benzene rings is 2. The number of nitrogens with zero attached hydrogens (tertiary/aromatic N) is 1. The average Bonchev–Trinajstić information content (AvgIpc) is 2.78. The highest BCUT2D eigenvalue weighted by atomic mass is 16.6. The summed E-state index contributed by atoms with van der Waals surface area (Å²) in [4.78, 5) is 22.3. The Balaban J connectivity index is 2.10. The van der Waals surface area contributed by atoms with Crippen LogP contribution in [0.3, 0.4) is 0 Å². The van der Waals surface area contributed by atoms with Gasteiger partial charge in [-0.05, 0) is 24.1 Å². The van der Waals surface area contributed by atoms with Crippen molar-refractivity contribution in [3.8, 4) is 5.75 Å². The Labute approximate surface area is 177 Å². The van der Waals surface area contributed by atoms with Crippen LogP contribution in [0.5, 0.6) is 5.75 Å². The SMILES string of the molecule is C=C(NOCCCC)c1cccc(OCc2ccccc2C(=NOC)C(=O)OC)c1. The zero-order valence-corrected chi connectivity index (χ0v) is 17.6. The molecule has 0 aromatic heterocycles. The number of methoxy groups -OCH3 is 1. The summed E-state index contributed by atoms with van der Waals surface area (Å²) in [5.41, 5.74) is 5.79. The van der Waals surface area contributed by atoms with Gasteiger partial charge in [0.05, 0.1) is 19.4 Å². The molecule has 0 spiro atoms. The minimum Gasteiger partial charge on any atom is -0.489 e. The number of rotatable bonds is 12. The highest BCUT2D eigenvalue weighted by Crippen LogP contribution is 2.20. The zero-order valence-electron chi connectivity index (χ0n) is 17.6. The van der Waals surface area contributed by atoms with E-state index in [2.05, 4.69) is 24.1 Å². The van der Waals surface area contributed by atoms with Crippen LogP contribution in [0.15, 0.2) is 60.3 Å². The molecule has 0 radical (unpaired) electrons. The summed E-state index contributed by atoms with van der Waals surface area (Å²) in [5, 5.41) is 3.81. The number of carbonyl (C=O) groups excluding carboxylic acids is 1. The molecule has 7 heteroatoms. The Bertz CT molecular complexity index is 879. The molecule has 0 atom stereocenters. The maximum Gasteiger partial charge on any atom is 0.360 e. The lowest BCUT2D eigenvalue weighted by Gasteiger charge is -2.13. The van der Waals surface area contributed by atoms with E-state index in [1.165, 1.54) is 14.2 Å². The summed E-state index contributed by atoms with van der Waals surface area (Å²) in [6, 6.07) is 14.8. The summed E-state index contributed by atoms with van der Waals surface area (Å²) in [6.07, 6.45) is 2.04. The van der Waals surface area contributed by atoms with Gasteiger partial charge in [0.15, 0.2) is 5.71 Å². The Morgan fingerprint density at radius 2 is 1.93 bits per heavy atom. The smallest absolute Gasteiger partial charge is 0.360 e. The van der Waals surface area contributed by atoms with Crippen LogP contribution in [0.25, 0.3) is 5.70 Å². The fraction of sp³-hybridized carbons (Fsp3) is 0.304. The number of esters is 1. The van der Waals surface area contributed by atoms with Crippen LogP contribution in [0.1, 0.15) is 36.5 Å². The van der Waals surface area contributed by atoms with Crippen LogP contribution in [0.2, 0.25) is 0 Å². The fourth-order valence-corrected chi connectivity index (χ4v) is 2.61. The predicted octanol–water partition coefficient (Wildman–Crippen LogP) is 4.08. The van der Waals surface area contributed by atoms with Crippen molar-refractivity contribution in [1.82, 2.24) is 5.48 Å². The van der Waals surface area contributed by atoms with E-state index >= 15 is 0 Å². The van der Waals surface area contributed by atoms with Crippen molar-refractivity contribution < 1.29 is 23.9 Å². The summed E-state index contributed by atoms with van der Waals surface area (Å²) in [5.74, 6) is 0.0684. The molecule has 0 saturated heterocycles. The molecule has 160 valence electrons. The highest BCUT2D eigenvalue weighted by molar-refractivity contribution is 6.43. The molecular weight excluding hydrogens is 384 g/mol. The quantitative estimate of drug-likeness (QED) is 0.245. The molecule has 2 aromatic carbocycles. The second-order valence-corrected chi connectivity index (χ2v) is 6.37. The number of oxime groups is 1. The van der Waals surface area contributed by atoms with E-state index < -0.39 is 5.97 Å². The molecule has 0 aliphatic heterocycles. The van der Waals surface area contributed by atoms with Crippen molar-refractivity contribution in [3.05, 3.63) is 71.8 Å². The van der Waals surface area contributed by atoms with Gasteiger partial charge in [-0.3, -0.25) is 10.3 Å². The topological polar surface area (TPSA) is 78.4 Å². The molecule has 0 amide bonds. The summed E-state index contributed by atoms with van der Waals surface area (Å²) >= 11 is 0. The predicted molar refractivity (Wildman–Crippen MR) is 116 cm³/mol. The van der Waals surface area contributed by atoms with Gasteiger partial charge in [0.2, 0.25) is 0 Å². The van der Waals surface area contributed by atoms with E-state index in [9.17, 15) is 4.79 Å². The lowest BCUT2D eigenvalue weighted by atomic mass is 10.0. The molecule has 0 saturated carbocycles. The molecule has 30 heavy (non-hydrogen) atoms. The number of hydroxylamine groups is 1. The van der Waals surface area contributed by atoms with Crippen molar-refractivity contribution >= 4 is 17.4 Å². The third-order valence-corrected chi connectivity index (χ3v) is 4.21. The molecule has 0 aliphatic carbocycles. The van der Waals surface area contributed by atoms with Gasteiger partial charge in [-0.15, -0.1) is 0 Å². The van der Waals surface area contributed by atoms with E-state index in [1.807, 2.05) is 42.5 Å². The molecular formula is C23H28N2O5. The fourth-order valence-electron chi connectivity index (χ4n) is 2.61. The van der Waals surface area contributed by atoms with Gasteiger partial charge in [-0.1, -0.05) is 61.5 Å². The van der Waals surface area contributed by atoms with Crippen LogP contribution in [0.4, 0.5) is 0 Å². The van der Waals surface area contributed by atoms with Crippen LogP contribution >= 0.6 is 0 Å². The van der Waals surface area contributed by atoms with Gasteiger partial charge < -0.3 is 14.3 Å². The number of unbranched alkanes of at least 4 members (excludes halogenated alkanes) is 1. The Morgan fingerprint density at radius 3 is 2.67 bits per heavy atom. The number of ether oxygens (including phenoxy) is 2. The van der Waals surface area contributed by atoms with E-state index in [0.717, 1.165) is 24.0 Å². The van der Waals surface area contributed by atoms with Gasteiger partial charge in [0.1, 0.15) is 19.5 Å². The van der Waals surface area contributed by atoms with Crippen LogP contribution in [-0.4, -0.2) is 32.5 Å².